The molecular weight excluding hydrogens is 270 g/mol. The highest BCUT2D eigenvalue weighted by Gasteiger charge is 2.09. The molecule has 2 N–H and O–H groups in total. The van der Waals surface area contributed by atoms with Crippen LogP contribution < -0.4 is 10.5 Å². The zero-order valence-corrected chi connectivity index (χ0v) is 12.7. The number of halogens is 1. The third-order valence-corrected chi connectivity index (χ3v) is 3.48. The Morgan fingerprint density at radius 3 is 2.70 bits per heavy atom. The fourth-order valence-corrected chi connectivity index (χ4v) is 2.23. The molecule has 1 atom stereocenters. The van der Waals surface area contributed by atoms with E-state index in [2.05, 4.69) is 19.9 Å². The normalized spacial score (nSPS) is 12.2. The Labute approximate surface area is 125 Å². The number of benzene rings is 2. The molecule has 2 aromatic carbocycles. The van der Waals surface area contributed by atoms with Gasteiger partial charge in [-0.1, -0.05) is 42.3 Å². The molecule has 0 bridgehead atoms. The zero-order chi connectivity index (χ0) is 14.5. The van der Waals surface area contributed by atoms with Gasteiger partial charge in [-0.05, 0) is 49.6 Å². The molecule has 0 aromatic heterocycles. The second-order valence-electron chi connectivity index (χ2n) is 5.04. The maximum absolute atomic E-state index is 6.06. The molecule has 1 unspecified atom stereocenters. The lowest BCUT2D eigenvalue weighted by molar-refractivity contribution is 0.472. The first kappa shape index (κ1) is 14.9. The molecule has 0 aliphatic carbocycles. The number of aryl methyl sites for hydroxylation is 1. The third kappa shape index (κ3) is 3.99. The number of hydrogen-bond acceptors (Lipinski definition) is 2. The minimum Gasteiger partial charge on any atom is -0.457 e. The van der Waals surface area contributed by atoms with Crippen LogP contribution in [0.5, 0.6) is 11.5 Å². The maximum atomic E-state index is 6.06. The van der Waals surface area contributed by atoms with Gasteiger partial charge in [0.25, 0.3) is 0 Å². The van der Waals surface area contributed by atoms with Crippen molar-refractivity contribution in [1.82, 2.24) is 0 Å². The Bertz CT molecular complexity index is 583. The van der Waals surface area contributed by atoms with Crippen molar-refractivity contribution >= 4 is 11.6 Å². The Morgan fingerprint density at radius 1 is 1.20 bits per heavy atom. The van der Waals surface area contributed by atoms with Crippen molar-refractivity contribution < 1.29 is 4.74 Å². The molecule has 2 rings (SSSR count). The molecule has 0 heterocycles. The summed E-state index contributed by atoms with van der Waals surface area (Å²) in [6.07, 6.45) is 1.76. The van der Waals surface area contributed by atoms with Crippen molar-refractivity contribution in [3.8, 4) is 11.5 Å². The zero-order valence-electron chi connectivity index (χ0n) is 11.9. The molecule has 0 fully saturated rings. The largest absolute Gasteiger partial charge is 0.457 e. The van der Waals surface area contributed by atoms with Gasteiger partial charge < -0.3 is 10.5 Å². The monoisotopic (exact) mass is 289 g/mol. The van der Waals surface area contributed by atoms with Crippen LogP contribution in [0.15, 0.2) is 42.5 Å². The molecule has 0 radical (unpaired) electrons. The molecular formula is C17H20ClNO. The predicted molar refractivity (Wildman–Crippen MR) is 84.7 cm³/mol. The van der Waals surface area contributed by atoms with Gasteiger partial charge in [0, 0.05) is 11.1 Å². The van der Waals surface area contributed by atoms with Crippen LogP contribution in [0.4, 0.5) is 0 Å². The molecule has 0 saturated heterocycles. The first-order valence-electron chi connectivity index (χ1n) is 6.87. The van der Waals surface area contributed by atoms with Crippen LogP contribution in [0.1, 0.15) is 24.5 Å². The third-order valence-electron chi connectivity index (χ3n) is 3.25. The summed E-state index contributed by atoms with van der Waals surface area (Å²) in [5, 5.41) is 0.668. The average molecular weight is 290 g/mol. The van der Waals surface area contributed by atoms with E-state index in [9.17, 15) is 0 Å². The van der Waals surface area contributed by atoms with E-state index in [-0.39, 0.29) is 6.04 Å². The highest BCUT2D eigenvalue weighted by atomic mass is 35.5. The molecule has 0 aliphatic heterocycles. The van der Waals surface area contributed by atoms with E-state index >= 15 is 0 Å². The Hall–Kier alpha value is -1.51. The molecule has 0 aliphatic rings. The Balaban J connectivity index is 2.26. The first-order chi connectivity index (χ1) is 9.58. The maximum Gasteiger partial charge on any atom is 0.130 e. The highest BCUT2D eigenvalue weighted by molar-refractivity contribution is 6.30. The lowest BCUT2D eigenvalue weighted by Crippen LogP contribution is -2.21. The van der Waals surface area contributed by atoms with Gasteiger partial charge in [0.15, 0.2) is 0 Å². The Kier molecular flexibility index (Phi) is 5.05. The molecule has 0 spiro atoms. The fraction of sp³-hybridized carbons (Fsp3) is 0.294. The second kappa shape index (κ2) is 6.78. The lowest BCUT2D eigenvalue weighted by Gasteiger charge is -2.15. The smallest absolute Gasteiger partial charge is 0.130 e. The molecule has 3 heteroatoms. The minimum absolute atomic E-state index is 0.151. The van der Waals surface area contributed by atoms with E-state index in [1.165, 1.54) is 5.56 Å². The molecule has 20 heavy (non-hydrogen) atoms. The van der Waals surface area contributed by atoms with Crippen molar-refractivity contribution in [3.63, 3.8) is 0 Å². The number of hydrogen-bond donors (Lipinski definition) is 1. The quantitative estimate of drug-likeness (QED) is 0.864. The van der Waals surface area contributed by atoms with Crippen molar-refractivity contribution in [2.45, 2.75) is 32.7 Å². The van der Waals surface area contributed by atoms with E-state index in [0.29, 0.717) is 5.02 Å². The number of nitrogens with two attached hydrogens (primary N) is 1. The SMILES string of the molecule is CCC(N)Cc1cc(C)ccc1Oc1cccc(Cl)c1. The number of ether oxygens (including phenoxy) is 1. The van der Waals surface area contributed by atoms with Gasteiger partial charge in [-0.25, -0.2) is 0 Å². The predicted octanol–water partition coefficient (Wildman–Crippen LogP) is 4.72. The van der Waals surface area contributed by atoms with Crippen LogP contribution in [-0.2, 0) is 6.42 Å². The van der Waals surface area contributed by atoms with Crippen molar-refractivity contribution in [2.24, 2.45) is 5.73 Å². The minimum atomic E-state index is 0.151. The molecule has 0 amide bonds. The summed E-state index contributed by atoms with van der Waals surface area (Å²) in [4.78, 5) is 0. The highest BCUT2D eigenvalue weighted by Crippen LogP contribution is 2.28. The van der Waals surface area contributed by atoms with Gasteiger partial charge in [-0.2, -0.15) is 0 Å². The van der Waals surface area contributed by atoms with Crippen molar-refractivity contribution in [3.05, 3.63) is 58.6 Å². The van der Waals surface area contributed by atoms with E-state index in [1.54, 1.807) is 0 Å². The fourth-order valence-electron chi connectivity index (χ4n) is 2.05. The Morgan fingerprint density at radius 2 is 2.00 bits per heavy atom. The van der Waals surface area contributed by atoms with Crippen LogP contribution >= 0.6 is 11.6 Å². The van der Waals surface area contributed by atoms with Gasteiger partial charge >= 0.3 is 0 Å². The van der Waals surface area contributed by atoms with Crippen LogP contribution in [0.3, 0.4) is 0 Å². The van der Waals surface area contributed by atoms with Gasteiger partial charge in [0.2, 0.25) is 0 Å². The summed E-state index contributed by atoms with van der Waals surface area (Å²) < 4.78 is 5.95. The molecule has 106 valence electrons. The number of rotatable bonds is 5. The van der Waals surface area contributed by atoms with E-state index < -0.39 is 0 Å². The van der Waals surface area contributed by atoms with Crippen LogP contribution in [0, 0.1) is 6.92 Å². The van der Waals surface area contributed by atoms with Gasteiger partial charge in [0.1, 0.15) is 11.5 Å². The summed E-state index contributed by atoms with van der Waals surface area (Å²) >= 11 is 5.98. The van der Waals surface area contributed by atoms with Crippen LogP contribution in [-0.4, -0.2) is 6.04 Å². The lowest BCUT2D eigenvalue weighted by atomic mass is 10.0. The standard InChI is InChI=1S/C17H20ClNO/c1-3-15(19)10-13-9-12(2)7-8-17(13)20-16-6-4-5-14(18)11-16/h4-9,11,15H,3,10,19H2,1-2H3. The van der Waals surface area contributed by atoms with Gasteiger partial charge in [-0.3, -0.25) is 0 Å². The summed E-state index contributed by atoms with van der Waals surface area (Å²) in [5.74, 6) is 1.59. The van der Waals surface area contributed by atoms with Gasteiger partial charge in [0.05, 0.1) is 0 Å². The first-order valence-corrected chi connectivity index (χ1v) is 7.25. The van der Waals surface area contributed by atoms with E-state index in [4.69, 9.17) is 22.1 Å². The van der Waals surface area contributed by atoms with Crippen molar-refractivity contribution in [1.29, 1.82) is 0 Å². The molecule has 2 nitrogen and oxygen atoms in total. The van der Waals surface area contributed by atoms with Gasteiger partial charge in [-0.15, -0.1) is 0 Å². The summed E-state index contributed by atoms with van der Waals surface area (Å²) in [7, 11) is 0. The summed E-state index contributed by atoms with van der Waals surface area (Å²) in [6.45, 7) is 4.17. The van der Waals surface area contributed by atoms with Crippen LogP contribution in [0.25, 0.3) is 0 Å². The second-order valence-corrected chi connectivity index (χ2v) is 5.48. The van der Waals surface area contributed by atoms with E-state index in [1.807, 2.05) is 36.4 Å². The topological polar surface area (TPSA) is 35.2 Å². The molecule has 0 saturated carbocycles. The average Bonchev–Trinajstić information content (AvgIpc) is 2.42. The van der Waals surface area contributed by atoms with E-state index in [0.717, 1.165) is 29.9 Å². The molecule has 2 aromatic rings. The van der Waals surface area contributed by atoms with Crippen LogP contribution in [0.2, 0.25) is 5.02 Å². The summed E-state index contributed by atoms with van der Waals surface area (Å²) in [5.41, 5.74) is 8.41. The van der Waals surface area contributed by atoms with Crippen molar-refractivity contribution in [2.75, 3.05) is 0 Å². The summed E-state index contributed by atoms with van der Waals surface area (Å²) in [6, 6.07) is 13.7.